The largest absolute Gasteiger partial charge is 0.478 e. The number of aromatic nitrogens is 2. The highest BCUT2D eigenvalue weighted by molar-refractivity contribution is 5.87. The van der Waals surface area contributed by atoms with Crippen molar-refractivity contribution in [3.63, 3.8) is 0 Å². The zero-order valence-corrected chi connectivity index (χ0v) is 10.3. The van der Waals surface area contributed by atoms with Crippen molar-refractivity contribution in [1.82, 2.24) is 9.97 Å². The van der Waals surface area contributed by atoms with Crippen LogP contribution in [0.25, 0.3) is 0 Å². The fourth-order valence-corrected chi connectivity index (χ4v) is 1.73. The maximum absolute atomic E-state index is 10.8. The van der Waals surface area contributed by atoms with Gasteiger partial charge in [-0.15, -0.1) is 0 Å². The van der Waals surface area contributed by atoms with Crippen LogP contribution in [0.4, 0.5) is 0 Å². The number of carbonyl (C=O) groups is 1. The minimum Gasteiger partial charge on any atom is -0.478 e. The third-order valence-corrected chi connectivity index (χ3v) is 2.79. The number of hydrogen-bond acceptors (Lipinski definition) is 4. The van der Waals surface area contributed by atoms with E-state index in [-0.39, 0.29) is 12.2 Å². The molecule has 0 aliphatic carbocycles. The van der Waals surface area contributed by atoms with Gasteiger partial charge in [0.15, 0.2) is 0 Å². The topological polar surface area (TPSA) is 83.3 Å². The van der Waals surface area contributed by atoms with Crippen LogP contribution in [-0.4, -0.2) is 26.2 Å². The van der Waals surface area contributed by atoms with Gasteiger partial charge in [-0.25, -0.2) is 4.79 Å². The molecular formula is C14H14N2O3. The van der Waals surface area contributed by atoms with Gasteiger partial charge in [0.05, 0.1) is 17.9 Å². The molecule has 0 aliphatic rings. The first kappa shape index (κ1) is 13.2. The van der Waals surface area contributed by atoms with Crippen LogP contribution < -0.4 is 0 Å². The van der Waals surface area contributed by atoms with Crippen molar-refractivity contribution >= 4 is 5.97 Å². The summed E-state index contributed by atoms with van der Waals surface area (Å²) in [5.74, 6) is -0.969. The standard InChI is InChI=1S/C14H14N2O3/c17-9-13-4-3-10(7-16-13)1-2-11-5-12(14(18)19)8-15-6-11/h3-8,17H,1-2,9H2,(H,18,19). The molecule has 98 valence electrons. The zero-order chi connectivity index (χ0) is 13.7. The van der Waals surface area contributed by atoms with Gasteiger partial charge in [-0.3, -0.25) is 9.97 Å². The molecule has 0 bridgehead atoms. The van der Waals surface area contributed by atoms with Gasteiger partial charge in [-0.1, -0.05) is 6.07 Å². The summed E-state index contributed by atoms with van der Waals surface area (Å²) in [6, 6.07) is 5.32. The molecule has 0 fully saturated rings. The van der Waals surface area contributed by atoms with Crippen LogP contribution in [0, 0.1) is 0 Å². The van der Waals surface area contributed by atoms with Crippen LogP contribution in [0.1, 0.15) is 27.2 Å². The van der Waals surface area contributed by atoms with Gasteiger partial charge in [-0.2, -0.15) is 0 Å². The minimum absolute atomic E-state index is 0.0646. The molecule has 2 aromatic heterocycles. The number of carboxylic acid groups (broad SMARTS) is 1. The summed E-state index contributed by atoms with van der Waals surface area (Å²) in [5, 5.41) is 17.8. The molecule has 19 heavy (non-hydrogen) atoms. The van der Waals surface area contributed by atoms with Crippen LogP contribution in [0.2, 0.25) is 0 Å². The lowest BCUT2D eigenvalue weighted by Crippen LogP contribution is -2.00. The zero-order valence-electron chi connectivity index (χ0n) is 10.3. The van der Waals surface area contributed by atoms with Crippen LogP contribution in [-0.2, 0) is 19.4 Å². The molecule has 0 saturated heterocycles. The fraction of sp³-hybridized carbons (Fsp3) is 0.214. The summed E-state index contributed by atoms with van der Waals surface area (Å²) in [6.07, 6.45) is 6.18. The van der Waals surface area contributed by atoms with E-state index in [0.29, 0.717) is 12.1 Å². The summed E-state index contributed by atoms with van der Waals surface area (Å²) < 4.78 is 0. The van der Waals surface area contributed by atoms with Gasteiger partial charge in [0.25, 0.3) is 0 Å². The van der Waals surface area contributed by atoms with Gasteiger partial charge in [-0.05, 0) is 36.1 Å². The number of aromatic carboxylic acids is 1. The van der Waals surface area contributed by atoms with Gasteiger partial charge in [0, 0.05) is 18.6 Å². The lowest BCUT2D eigenvalue weighted by molar-refractivity contribution is 0.0696. The van der Waals surface area contributed by atoms with Gasteiger partial charge < -0.3 is 10.2 Å². The Bertz CT molecular complexity index is 567. The van der Waals surface area contributed by atoms with Gasteiger partial charge in [0.1, 0.15) is 0 Å². The monoisotopic (exact) mass is 258 g/mol. The van der Waals surface area contributed by atoms with E-state index in [0.717, 1.165) is 17.5 Å². The maximum Gasteiger partial charge on any atom is 0.337 e. The number of nitrogens with zero attached hydrogens (tertiary/aromatic N) is 2. The molecule has 0 radical (unpaired) electrons. The van der Waals surface area contributed by atoms with Crippen molar-refractivity contribution in [2.24, 2.45) is 0 Å². The van der Waals surface area contributed by atoms with Crippen molar-refractivity contribution in [2.45, 2.75) is 19.4 Å². The van der Waals surface area contributed by atoms with Crippen molar-refractivity contribution in [3.05, 3.63) is 59.2 Å². The fourth-order valence-electron chi connectivity index (χ4n) is 1.73. The molecule has 0 aromatic carbocycles. The van der Waals surface area contributed by atoms with Gasteiger partial charge in [0.2, 0.25) is 0 Å². The Balaban J connectivity index is 2.01. The number of aliphatic hydroxyl groups excluding tert-OH is 1. The summed E-state index contributed by atoms with van der Waals surface area (Å²) in [7, 11) is 0. The van der Waals surface area contributed by atoms with E-state index < -0.39 is 5.97 Å². The van der Waals surface area contributed by atoms with E-state index in [9.17, 15) is 4.79 Å². The Morgan fingerprint density at radius 3 is 2.53 bits per heavy atom. The highest BCUT2D eigenvalue weighted by Crippen LogP contribution is 2.08. The summed E-state index contributed by atoms with van der Waals surface area (Å²) in [4.78, 5) is 18.8. The Kier molecular flexibility index (Phi) is 4.20. The normalized spacial score (nSPS) is 10.4. The minimum atomic E-state index is -0.969. The molecule has 0 saturated carbocycles. The molecule has 2 aromatic rings. The molecule has 2 rings (SSSR count). The molecule has 5 heteroatoms. The predicted octanol–water partition coefficient (Wildman–Crippen LogP) is 1.45. The van der Waals surface area contributed by atoms with E-state index in [1.165, 1.54) is 6.20 Å². The number of carboxylic acids is 1. The second-order valence-electron chi connectivity index (χ2n) is 4.20. The highest BCUT2D eigenvalue weighted by atomic mass is 16.4. The molecule has 0 spiro atoms. The van der Waals surface area contributed by atoms with Crippen molar-refractivity contribution in [2.75, 3.05) is 0 Å². The van der Waals surface area contributed by atoms with E-state index in [1.807, 2.05) is 6.07 Å². The second-order valence-corrected chi connectivity index (χ2v) is 4.20. The van der Waals surface area contributed by atoms with Crippen LogP contribution in [0.15, 0.2) is 36.8 Å². The Morgan fingerprint density at radius 2 is 1.89 bits per heavy atom. The molecular weight excluding hydrogens is 244 g/mol. The lowest BCUT2D eigenvalue weighted by Gasteiger charge is -2.03. The molecule has 2 N–H and O–H groups in total. The quantitative estimate of drug-likeness (QED) is 0.848. The maximum atomic E-state index is 10.8. The smallest absolute Gasteiger partial charge is 0.337 e. The summed E-state index contributed by atoms with van der Waals surface area (Å²) in [6.45, 7) is -0.0646. The van der Waals surface area contributed by atoms with E-state index in [2.05, 4.69) is 9.97 Å². The Hall–Kier alpha value is -2.27. The van der Waals surface area contributed by atoms with E-state index in [4.69, 9.17) is 10.2 Å². The first-order valence-electron chi connectivity index (χ1n) is 5.91. The summed E-state index contributed by atoms with van der Waals surface area (Å²) >= 11 is 0. The molecule has 2 heterocycles. The third-order valence-electron chi connectivity index (χ3n) is 2.79. The SMILES string of the molecule is O=C(O)c1cncc(CCc2ccc(CO)nc2)c1. The van der Waals surface area contributed by atoms with Crippen molar-refractivity contribution < 1.29 is 15.0 Å². The molecule has 0 unspecified atom stereocenters. The predicted molar refractivity (Wildman–Crippen MR) is 68.8 cm³/mol. The van der Waals surface area contributed by atoms with Crippen LogP contribution in [0.3, 0.4) is 0 Å². The van der Waals surface area contributed by atoms with E-state index >= 15 is 0 Å². The number of aliphatic hydroxyl groups is 1. The van der Waals surface area contributed by atoms with Crippen LogP contribution in [0.5, 0.6) is 0 Å². The molecule has 0 amide bonds. The second kappa shape index (κ2) is 6.06. The number of pyridine rings is 2. The van der Waals surface area contributed by atoms with Crippen molar-refractivity contribution in [1.29, 1.82) is 0 Å². The van der Waals surface area contributed by atoms with E-state index in [1.54, 1.807) is 24.5 Å². The highest BCUT2D eigenvalue weighted by Gasteiger charge is 2.04. The number of hydrogen-bond donors (Lipinski definition) is 2. The first-order valence-corrected chi connectivity index (χ1v) is 5.91. The number of rotatable bonds is 5. The Labute approximate surface area is 110 Å². The van der Waals surface area contributed by atoms with Crippen molar-refractivity contribution in [3.8, 4) is 0 Å². The molecule has 0 atom stereocenters. The number of aryl methyl sites for hydroxylation is 2. The van der Waals surface area contributed by atoms with Gasteiger partial charge >= 0.3 is 5.97 Å². The average Bonchev–Trinajstić information content (AvgIpc) is 2.46. The average molecular weight is 258 g/mol. The molecule has 5 nitrogen and oxygen atoms in total. The van der Waals surface area contributed by atoms with Crippen LogP contribution >= 0.6 is 0 Å². The third kappa shape index (κ3) is 3.59. The summed E-state index contributed by atoms with van der Waals surface area (Å²) in [5.41, 5.74) is 2.76. The first-order chi connectivity index (χ1) is 9.19. The Morgan fingerprint density at radius 1 is 1.11 bits per heavy atom. The molecule has 0 aliphatic heterocycles. The lowest BCUT2D eigenvalue weighted by atomic mass is 10.1.